The molecule has 2 aromatic rings. The van der Waals surface area contributed by atoms with Crippen LogP contribution in [0.3, 0.4) is 0 Å². The van der Waals surface area contributed by atoms with Gasteiger partial charge >= 0.3 is 0 Å². The number of nitrogens with zero attached hydrogens (tertiary/aromatic N) is 4. The third kappa shape index (κ3) is 2.97. The number of piperidine rings is 1. The van der Waals surface area contributed by atoms with Crippen molar-refractivity contribution in [2.45, 2.75) is 30.7 Å². The van der Waals surface area contributed by atoms with Gasteiger partial charge in [0.15, 0.2) is 0 Å². The highest BCUT2D eigenvalue weighted by atomic mass is 16.2. The van der Waals surface area contributed by atoms with E-state index >= 15 is 0 Å². The molecule has 1 N–H and O–H groups in total. The largest absolute Gasteiger partial charge is 0.350 e. The van der Waals surface area contributed by atoms with E-state index in [-0.39, 0.29) is 23.3 Å². The number of hydrogen-bond donors (Lipinski definition) is 1. The summed E-state index contributed by atoms with van der Waals surface area (Å²) in [6, 6.07) is 3.80. The lowest BCUT2D eigenvalue weighted by atomic mass is 9.82. The van der Waals surface area contributed by atoms with Crippen molar-refractivity contribution in [3.8, 4) is 0 Å². The van der Waals surface area contributed by atoms with Crippen molar-refractivity contribution in [2.75, 3.05) is 13.1 Å². The van der Waals surface area contributed by atoms with E-state index in [1.165, 1.54) is 12.4 Å². The number of amides is 2. The second-order valence-electron chi connectivity index (χ2n) is 6.70. The molecule has 2 aromatic heterocycles. The third-order valence-corrected chi connectivity index (χ3v) is 5.18. The minimum absolute atomic E-state index is 0.0571. The number of pyridine rings is 1. The minimum Gasteiger partial charge on any atom is -0.350 e. The third-order valence-electron chi connectivity index (χ3n) is 5.18. The SMILES string of the molecule is O=C1NC2(CCN(C(=O)c3cnccn3)CC2)C[C@H]1c1cccnc1. The topological polar surface area (TPSA) is 88.1 Å². The Balaban J connectivity index is 1.43. The molecule has 1 spiro atoms. The van der Waals surface area contributed by atoms with Crippen LogP contribution in [0.5, 0.6) is 0 Å². The number of hydrogen-bond acceptors (Lipinski definition) is 5. The average Bonchev–Trinajstić information content (AvgIpc) is 2.99. The van der Waals surface area contributed by atoms with Crippen LogP contribution in [0, 0.1) is 0 Å². The Morgan fingerprint density at radius 3 is 2.64 bits per heavy atom. The molecular formula is C18H19N5O2. The summed E-state index contributed by atoms with van der Waals surface area (Å²) in [5.74, 6) is -0.200. The quantitative estimate of drug-likeness (QED) is 0.888. The Kier molecular flexibility index (Phi) is 3.91. The smallest absolute Gasteiger partial charge is 0.274 e. The molecule has 0 radical (unpaired) electrons. The molecule has 2 saturated heterocycles. The van der Waals surface area contributed by atoms with Crippen LogP contribution in [0.2, 0.25) is 0 Å². The predicted octanol–water partition coefficient (Wildman–Crippen LogP) is 1.15. The highest BCUT2D eigenvalue weighted by Gasteiger charge is 2.46. The van der Waals surface area contributed by atoms with Gasteiger partial charge in [0.2, 0.25) is 5.91 Å². The van der Waals surface area contributed by atoms with Crippen LogP contribution in [0.25, 0.3) is 0 Å². The summed E-state index contributed by atoms with van der Waals surface area (Å²) >= 11 is 0. The molecule has 0 aliphatic carbocycles. The fraction of sp³-hybridized carbons (Fsp3) is 0.389. The molecule has 4 rings (SSSR count). The first kappa shape index (κ1) is 15.7. The molecule has 4 heterocycles. The minimum atomic E-state index is -0.225. The van der Waals surface area contributed by atoms with E-state index in [9.17, 15) is 9.59 Å². The maximum absolute atomic E-state index is 12.5. The zero-order valence-corrected chi connectivity index (χ0v) is 13.8. The number of carbonyl (C=O) groups is 2. The van der Waals surface area contributed by atoms with Crippen molar-refractivity contribution in [1.29, 1.82) is 0 Å². The first-order valence-electron chi connectivity index (χ1n) is 8.44. The van der Waals surface area contributed by atoms with E-state index in [0.29, 0.717) is 18.8 Å². The van der Waals surface area contributed by atoms with Crippen LogP contribution >= 0.6 is 0 Å². The number of nitrogens with one attached hydrogen (secondary N) is 1. The number of rotatable bonds is 2. The van der Waals surface area contributed by atoms with E-state index in [1.807, 2.05) is 12.1 Å². The Morgan fingerprint density at radius 2 is 1.96 bits per heavy atom. The molecule has 128 valence electrons. The van der Waals surface area contributed by atoms with E-state index in [2.05, 4.69) is 20.3 Å². The fourth-order valence-electron chi connectivity index (χ4n) is 3.77. The molecule has 2 amide bonds. The van der Waals surface area contributed by atoms with Crippen LogP contribution in [0.1, 0.15) is 41.2 Å². The summed E-state index contributed by atoms with van der Waals surface area (Å²) in [6.07, 6.45) is 10.3. The Morgan fingerprint density at radius 1 is 1.16 bits per heavy atom. The van der Waals surface area contributed by atoms with Gasteiger partial charge in [-0.1, -0.05) is 6.07 Å². The van der Waals surface area contributed by atoms with Gasteiger partial charge in [0.1, 0.15) is 5.69 Å². The lowest BCUT2D eigenvalue weighted by Gasteiger charge is -2.39. The van der Waals surface area contributed by atoms with Gasteiger partial charge < -0.3 is 10.2 Å². The number of aromatic nitrogens is 3. The van der Waals surface area contributed by atoms with Crippen LogP contribution in [-0.4, -0.2) is 50.3 Å². The molecule has 2 fully saturated rings. The van der Waals surface area contributed by atoms with Gasteiger partial charge in [-0.05, 0) is 30.9 Å². The van der Waals surface area contributed by atoms with Gasteiger partial charge in [-0.15, -0.1) is 0 Å². The second kappa shape index (κ2) is 6.23. The predicted molar refractivity (Wildman–Crippen MR) is 89.6 cm³/mol. The van der Waals surface area contributed by atoms with E-state index < -0.39 is 0 Å². The zero-order chi connectivity index (χ0) is 17.3. The first-order chi connectivity index (χ1) is 12.2. The van der Waals surface area contributed by atoms with Crippen molar-refractivity contribution < 1.29 is 9.59 Å². The summed E-state index contributed by atoms with van der Waals surface area (Å²) in [5, 5.41) is 3.18. The molecular weight excluding hydrogens is 318 g/mol. The molecule has 7 heteroatoms. The van der Waals surface area contributed by atoms with Crippen LogP contribution in [-0.2, 0) is 4.79 Å². The van der Waals surface area contributed by atoms with Gasteiger partial charge in [-0.3, -0.25) is 19.6 Å². The van der Waals surface area contributed by atoms with Gasteiger partial charge in [0.25, 0.3) is 5.91 Å². The maximum Gasteiger partial charge on any atom is 0.274 e. The Labute approximate surface area is 145 Å². The standard InChI is InChI=1S/C18H19N5O2/c24-16-14(13-2-1-5-19-11-13)10-18(22-16)3-8-23(9-4-18)17(25)15-12-20-6-7-21-15/h1-2,5-7,11-12,14H,3-4,8-10H2,(H,22,24)/t14-/m0/s1. The van der Waals surface area contributed by atoms with Crippen molar-refractivity contribution in [2.24, 2.45) is 0 Å². The first-order valence-corrected chi connectivity index (χ1v) is 8.44. The second-order valence-corrected chi connectivity index (χ2v) is 6.70. The molecule has 0 bridgehead atoms. The Bertz CT molecular complexity index is 773. The van der Waals surface area contributed by atoms with Crippen LogP contribution < -0.4 is 5.32 Å². The van der Waals surface area contributed by atoms with Crippen molar-refractivity contribution in [3.05, 3.63) is 54.4 Å². The van der Waals surface area contributed by atoms with E-state index in [4.69, 9.17) is 0 Å². The molecule has 7 nitrogen and oxygen atoms in total. The summed E-state index contributed by atoms with van der Waals surface area (Å²) in [5.41, 5.74) is 1.09. The van der Waals surface area contributed by atoms with Crippen molar-refractivity contribution in [3.63, 3.8) is 0 Å². The highest BCUT2D eigenvalue weighted by Crippen LogP contribution is 2.39. The number of carbonyl (C=O) groups excluding carboxylic acids is 2. The van der Waals surface area contributed by atoms with Gasteiger partial charge in [-0.2, -0.15) is 0 Å². The van der Waals surface area contributed by atoms with Gasteiger partial charge in [-0.25, -0.2) is 4.98 Å². The summed E-state index contributed by atoms with van der Waals surface area (Å²) in [7, 11) is 0. The van der Waals surface area contributed by atoms with Gasteiger partial charge in [0, 0.05) is 43.4 Å². The van der Waals surface area contributed by atoms with Gasteiger partial charge in [0.05, 0.1) is 12.1 Å². The number of likely N-dealkylation sites (tertiary alicyclic amines) is 1. The normalized spacial score (nSPS) is 22.0. The highest BCUT2D eigenvalue weighted by molar-refractivity contribution is 5.92. The fourth-order valence-corrected chi connectivity index (χ4v) is 3.77. The summed E-state index contributed by atoms with van der Waals surface area (Å²) in [4.78, 5) is 38.9. The van der Waals surface area contributed by atoms with E-state index in [0.717, 1.165) is 24.8 Å². The Hall–Kier alpha value is -2.83. The van der Waals surface area contributed by atoms with Crippen LogP contribution in [0.15, 0.2) is 43.1 Å². The lowest BCUT2D eigenvalue weighted by Crippen LogP contribution is -2.52. The van der Waals surface area contributed by atoms with Crippen LogP contribution in [0.4, 0.5) is 0 Å². The van der Waals surface area contributed by atoms with E-state index in [1.54, 1.807) is 23.5 Å². The van der Waals surface area contributed by atoms with Crippen molar-refractivity contribution >= 4 is 11.8 Å². The molecule has 0 saturated carbocycles. The molecule has 2 aliphatic heterocycles. The molecule has 0 unspecified atom stereocenters. The lowest BCUT2D eigenvalue weighted by molar-refractivity contribution is -0.121. The molecule has 2 aliphatic rings. The molecule has 25 heavy (non-hydrogen) atoms. The molecule has 1 atom stereocenters. The maximum atomic E-state index is 12.5. The average molecular weight is 337 g/mol. The zero-order valence-electron chi connectivity index (χ0n) is 13.8. The monoisotopic (exact) mass is 337 g/mol. The van der Waals surface area contributed by atoms with Crippen molar-refractivity contribution in [1.82, 2.24) is 25.2 Å². The summed E-state index contributed by atoms with van der Waals surface area (Å²) in [6.45, 7) is 1.21. The summed E-state index contributed by atoms with van der Waals surface area (Å²) < 4.78 is 0. The molecule has 0 aromatic carbocycles.